The number of benzene rings is 4. The van der Waals surface area contributed by atoms with Crippen molar-refractivity contribution in [3.63, 3.8) is 0 Å². The number of unbranched alkanes of at least 4 members (excludes halogenated alkanes) is 1. The summed E-state index contributed by atoms with van der Waals surface area (Å²) < 4.78 is 22.1. The van der Waals surface area contributed by atoms with Gasteiger partial charge < -0.3 is 18.9 Å². The fourth-order valence-corrected chi connectivity index (χ4v) is 4.03. The van der Waals surface area contributed by atoms with Gasteiger partial charge in [0.1, 0.15) is 23.9 Å². The molecule has 0 aromatic heterocycles. The summed E-state index contributed by atoms with van der Waals surface area (Å²) >= 11 is 0. The van der Waals surface area contributed by atoms with E-state index in [0.29, 0.717) is 43.3 Å². The second-order valence-electron chi connectivity index (χ2n) is 9.85. The van der Waals surface area contributed by atoms with Crippen molar-refractivity contribution in [2.45, 2.75) is 26.4 Å². The predicted molar refractivity (Wildman–Crippen MR) is 173 cm³/mol. The third-order valence-electron chi connectivity index (χ3n) is 6.54. The molecule has 0 aliphatic rings. The van der Waals surface area contributed by atoms with Gasteiger partial charge in [0.2, 0.25) is 0 Å². The average Bonchev–Trinajstić information content (AvgIpc) is 3.05. The largest absolute Gasteiger partial charge is 0.494 e. The van der Waals surface area contributed by atoms with Crippen LogP contribution >= 0.6 is 0 Å². The Labute approximate surface area is 258 Å². The van der Waals surface area contributed by atoms with Gasteiger partial charge in [-0.3, -0.25) is 4.99 Å². The zero-order valence-electron chi connectivity index (χ0n) is 24.7. The van der Waals surface area contributed by atoms with E-state index in [4.69, 9.17) is 18.9 Å². The molecule has 0 bridgehead atoms. The third kappa shape index (κ3) is 9.84. The van der Waals surface area contributed by atoms with Crippen molar-refractivity contribution in [2.75, 3.05) is 13.2 Å². The molecule has 4 aromatic carbocycles. The van der Waals surface area contributed by atoms with Crippen molar-refractivity contribution < 1.29 is 28.5 Å². The van der Waals surface area contributed by atoms with Crippen molar-refractivity contribution in [3.8, 4) is 17.2 Å². The van der Waals surface area contributed by atoms with E-state index < -0.39 is 11.9 Å². The molecule has 0 unspecified atom stereocenters. The summed E-state index contributed by atoms with van der Waals surface area (Å²) in [4.78, 5) is 28.3. The fourth-order valence-electron chi connectivity index (χ4n) is 4.03. The topological polar surface area (TPSA) is 83.4 Å². The van der Waals surface area contributed by atoms with Gasteiger partial charge in [0.25, 0.3) is 0 Å². The molecule has 0 saturated carbocycles. The van der Waals surface area contributed by atoms with Crippen molar-refractivity contribution in [2.24, 2.45) is 4.99 Å². The highest BCUT2D eigenvalue weighted by Gasteiger charge is 2.10. The van der Waals surface area contributed by atoms with Gasteiger partial charge in [-0.1, -0.05) is 43.5 Å². The molecule has 0 radical (unpaired) electrons. The number of carbonyl (C=O) groups is 2. The molecule has 0 aliphatic carbocycles. The van der Waals surface area contributed by atoms with Gasteiger partial charge in [0.05, 0.1) is 24.5 Å². The number of hydrogen-bond acceptors (Lipinski definition) is 7. The monoisotopic (exact) mass is 589 g/mol. The van der Waals surface area contributed by atoms with Crippen LogP contribution < -0.4 is 14.2 Å². The maximum Gasteiger partial charge on any atom is 0.343 e. The van der Waals surface area contributed by atoms with E-state index in [9.17, 15) is 9.59 Å². The van der Waals surface area contributed by atoms with Crippen LogP contribution in [0.1, 0.15) is 45.5 Å². The Morgan fingerprint density at radius 3 is 2.07 bits per heavy atom. The first kappa shape index (κ1) is 31.5. The normalized spacial score (nSPS) is 10.7. The predicted octanol–water partition coefficient (Wildman–Crippen LogP) is 8.08. The molecule has 4 rings (SSSR count). The quantitative estimate of drug-likeness (QED) is 0.0458. The number of aliphatic imine (C=N–C) groups is 1. The van der Waals surface area contributed by atoms with Gasteiger partial charge in [-0.05, 0) is 109 Å². The molecule has 224 valence electrons. The Hall–Kier alpha value is -5.43. The molecule has 44 heavy (non-hydrogen) atoms. The van der Waals surface area contributed by atoms with Crippen molar-refractivity contribution in [3.05, 3.63) is 138 Å². The van der Waals surface area contributed by atoms with Crippen LogP contribution in [0.25, 0.3) is 6.08 Å². The lowest BCUT2D eigenvalue weighted by Gasteiger charge is -2.09. The number of rotatable bonds is 15. The summed E-state index contributed by atoms with van der Waals surface area (Å²) in [7, 11) is 0. The van der Waals surface area contributed by atoms with E-state index in [1.54, 1.807) is 42.6 Å². The van der Waals surface area contributed by atoms with Gasteiger partial charge in [-0.25, -0.2) is 9.59 Å². The molecular weight excluding hydrogens is 554 g/mol. The van der Waals surface area contributed by atoms with Gasteiger partial charge in [0, 0.05) is 12.3 Å². The number of esters is 2. The fraction of sp³-hybridized carbons (Fsp3) is 0.162. The number of aryl methyl sites for hydroxylation is 1. The lowest BCUT2D eigenvalue weighted by atomic mass is 10.1. The van der Waals surface area contributed by atoms with E-state index in [1.807, 2.05) is 67.6 Å². The van der Waals surface area contributed by atoms with E-state index >= 15 is 0 Å². The summed E-state index contributed by atoms with van der Waals surface area (Å²) in [5, 5.41) is 0. The maximum atomic E-state index is 12.7. The van der Waals surface area contributed by atoms with Crippen molar-refractivity contribution >= 4 is 29.9 Å². The van der Waals surface area contributed by atoms with E-state index in [2.05, 4.69) is 18.2 Å². The Bertz CT molecular complexity index is 1590. The molecule has 0 aliphatic heterocycles. The van der Waals surface area contributed by atoms with Crippen LogP contribution in [0.4, 0.5) is 5.69 Å². The van der Waals surface area contributed by atoms with Crippen LogP contribution in [0.5, 0.6) is 17.2 Å². The standard InChI is InChI=1S/C37H35NO6/c1-4-28-8-10-30(11-9-28)26-43-33-16-12-29(13-17-33)25-38-35-21-20-34(24-27(35)3)44-37(40)31-14-18-32(19-15-31)41-22-6-7-23-42-36(39)5-2/h4-5,8-21,24-25H,1-2,6-7,22-23,26H2,3H3. The zero-order valence-corrected chi connectivity index (χ0v) is 24.7. The van der Waals surface area contributed by atoms with Gasteiger partial charge in [-0.2, -0.15) is 0 Å². The lowest BCUT2D eigenvalue weighted by molar-refractivity contribution is -0.137. The van der Waals surface area contributed by atoms with Gasteiger partial charge >= 0.3 is 11.9 Å². The molecule has 0 heterocycles. The molecular formula is C37H35NO6. The smallest absolute Gasteiger partial charge is 0.343 e. The minimum Gasteiger partial charge on any atom is -0.494 e. The first-order valence-corrected chi connectivity index (χ1v) is 14.3. The number of carbonyl (C=O) groups excluding carboxylic acids is 2. The lowest BCUT2D eigenvalue weighted by Crippen LogP contribution is -2.08. The Kier molecular flexibility index (Phi) is 11.7. The molecule has 0 atom stereocenters. The maximum absolute atomic E-state index is 12.7. The minimum absolute atomic E-state index is 0.323. The average molecular weight is 590 g/mol. The molecule has 7 nitrogen and oxygen atoms in total. The SMILES string of the molecule is C=CC(=O)OCCCCOc1ccc(C(=O)Oc2ccc(N=Cc3ccc(OCc4ccc(C=C)cc4)cc3)c(C)c2)cc1. The Morgan fingerprint density at radius 1 is 0.750 bits per heavy atom. The summed E-state index contributed by atoms with van der Waals surface area (Å²) in [6, 6.07) is 27.9. The molecule has 0 amide bonds. The van der Waals surface area contributed by atoms with Crippen LogP contribution in [0.15, 0.2) is 115 Å². The van der Waals surface area contributed by atoms with Crippen LogP contribution in [0, 0.1) is 6.92 Å². The number of hydrogen-bond donors (Lipinski definition) is 0. The second kappa shape index (κ2) is 16.3. The molecule has 4 aromatic rings. The molecule has 0 spiro atoms. The Morgan fingerprint density at radius 2 is 1.39 bits per heavy atom. The zero-order chi connectivity index (χ0) is 31.1. The third-order valence-corrected chi connectivity index (χ3v) is 6.54. The van der Waals surface area contributed by atoms with Gasteiger partial charge in [-0.15, -0.1) is 0 Å². The summed E-state index contributed by atoms with van der Waals surface area (Å²) in [5.41, 5.74) is 5.15. The van der Waals surface area contributed by atoms with Crippen LogP contribution in [0.3, 0.4) is 0 Å². The first-order valence-electron chi connectivity index (χ1n) is 14.3. The summed E-state index contributed by atoms with van der Waals surface area (Å²) in [6.45, 7) is 10.3. The van der Waals surface area contributed by atoms with E-state index in [-0.39, 0.29) is 0 Å². The second-order valence-corrected chi connectivity index (χ2v) is 9.85. The molecule has 0 N–H and O–H groups in total. The highest BCUT2D eigenvalue weighted by atomic mass is 16.5. The summed E-state index contributed by atoms with van der Waals surface area (Å²) in [5.74, 6) is 0.955. The highest BCUT2D eigenvalue weighted by molar-refractivity contribution is 5.91. The van der Waals surface area contributed by atoms with Crippen LogP contribution in [-0.2, 0) is 16.1 Å². The first-order chi connectivity index (χ1) is 21.4. The molecule has 0 fully saturated rings. The van der Waals surface area contributed by atoms with Crippen molar-refractivity contribution in [1.82, 2.24) is 0 Å². The van der Waals surface area contributed by atoms with E-state index in [1.165, 1.54) is 0 Å². The molecule has 0 saturated heterocycles. The van der Waals surface area contributed by atoms with Gasteiger partial charge in [0.15, 0.2) is 0 Å². The molecule has 7 heteroatoms. The van der Waals surface area contributed by atoms with Crippen molar-refractivity contribution in [1.29, 1.82) is 0 Å². The number of ether oxygens (including phenoxy) is 4. The Balaban J connectivity index is 1.23. The number of nitrogens with zero attached hydrogens (tertiary/aromatic N) is 1. The van der Waals surface area contributed by atoms with E-state index in [0.717, 1.165) is 46.2 Å². The van der Waals surface area contributed by atoms with Crippen LogP contribution in [0.2, 0.25) is 0 Å². The minimum atomic E-state index is -0.465. The highest BCUT2D eigenvalue weighted by Crippen LogP contribution is 2.25. The summed E-state index contributed by atoms with van der Waals surface area (Å²) in [6.07, 6.45) is 6.15. The van der Waals surface area contributed by atoms with Crippen LogP contribution in [-0.4, -0.2) is 31.4 Å².